The molecule has 0 amide bonds. The van der Waals surface area contributed by atoms with Crippen molar-refractivity contribution in [2.45, 2.75) is 43.6 Å². The molecule has 1 fully saturated rings. The average molecular weight is 409 g/mol. The van der Waals surface area contributed by atoms with Gasteiger partial charge in [-0.3, -0.25) is 4.79 Å². The van der Waals surface area contributed by atoms with Crippen molar-refractivity contribution in [2.24, 2.45) is 5.92 Å². The number of hydrogen-bond acceptors (Lipinski definition) is 5. The summed E-state index contributed by atoms with van der Waals surface area (Å²) in [6, 6.07) is 13.5. The third kappa shape index (κ3) is 3.31. The number of aromatic nitrogens is 4. The largest absolute Gasteiger partial charge is 0.489 e. The van der Waals surface area contributed by atoms with Crippen molar-refractivity contribution in [3.8, 4) is 17.1 Å². The highest BCUT2D eigenvalue weighted by atomic mass is 35.5. The number of Topliss-reactive ketones (excluding diaryl/α,β-unsaturated/α-hetero) is 1. The van der Waals surface area contributed by atoms with Gasteiger partial charge in [-0.05, 0) is 53.3 Å². The van der Waals surface area contributed by atoms with E-state index >= 15 is 0 Å². The molecule has 1 unspecified atom stereocenters. The van der Waals surface area contributed by atoms with Gasteiger partial charge in [-0.25, -0.2) is 0 Å². The molecule has 0 aliphatic heterocycles. The molecular weight excluding hydrogens is 388 g/mol. The minimum Gasteiger partial charge on any atom is -0.489 e. The van der Waals surface area contributed by atoms with Crippen LogP contribution < -0.4 is 4.74 Å². The molecule has 0 radical (unpaired) electrons. The molecule has 148 valence electrons. The van der Waals surface area contributed by atoms with Crippen molar-refractivity contribution in [1.82, 2.24) is 20.6 Å². The number of carbonyl (C=O) groups excluding carboxylic acids is 1. The van der Waals surface area contributed by atoms with E-state index in [-0.39, 0.29) is 11.7 Å². The number of benzene rings is 2. The maximum absolute atomic E-state index is 12.9. The monoisotopic (exact) mass is 408 g/mol. The van der Waals surface area contributed by atoms with Crippen molar-refractivity contribution < 1.29 is 9.53 Å². The molecule has 1 heterocycles. The van der Waals surface area contributed by atoms with Crippen molar-refractivity contribution in [2.75, 3.05) is 0 Å². The quantitative estimate of drug-likeness (QED) is 0.634. The SMILES string of the molecule is O=C1c2ccc(OCc3ccc(-c4nn[nH]n4)cc3)cc2CC1(Cl)C1CCCC1. The molecule has 6 nitrogen and oxygen atoms in total. The lowest BCUT2D eigenvalue weighted by molar-refractivity contribution is 0.0919. The van der Waals surface area contributed by atoms with Crippen molar-refractivity contribution in [1.29, 1.82) is 0 Å². The molecule has 7 heteroatoms. The smallest absolute Gasteiger partial charge is 0.204 e. The maximum atomic E-state index is 12.9. The fourth-order valence-electron chi connectivity index (χ4n) is 4.52. The number of alkyl halides is 1. The van der Waals surface area contributed by atoms with E-state index in [1.165, 1.54) is 12.8 Å². The second-order valence-electron chi connectivity index (χ2n) is 7.89. The zero-order valence-corrected chi connectivity index (χ0v) is 16.7. The molecule has 29 heavy (non-hydrogen) atoms. The Bertz CT molecular complexity index is 1030. The summed E-state index contributed by atoms with van der Waals surface area (Å²) in [5.41, 5.74) is 3.68. The summed E-state index contributed by atoms with van der Waals surface area (Å²) in [5, 5.41) is 14.0. The molecule has 0 bridgehead atoms. The average Bonchev–Trinajstić information content (AvgIpc) is 3.50. The first kappa shape index (κ1) is 18.3. The highest BCUT2D eigenvalue weighted by Gasteiger charge is 2.50. The van der Waals surface area contributed by atoms with Gasteiger partial charge >= 0.3 is 0 Å². The standard InChI is InChI=1S/C22H21ClN4O2/c23-22(17-3-1-2-4-17)12-16-11-18(9-10-19(16)20(22)28)29-13-14-5-7-15(8-6-14)21-24-26-27-25-21/h5-11,17H,1-4,12-13H2,(H,24,25,26,27). The highest BCUT2D eigenvalue weighted by Crippen LogP contribution is 2.47. The van der Waals surface area contributed by atoms with Gasteiger partial charge in [-0.2, -0.15) is 5.21 Å². The minimum atomic E-state index is -0.761. The second kappa shape index (κ2) is 7.26. The zero-order chi connectivity index (χ0) is 19.8. The number of hydrogen-bond donors (Lipinski definition) is 1. The van der Waals surface area contributed by atoms with Gasteiger partial charge in [0.05, 0.1) is 0 Å². The van der Waals surface area contributed by atoms with Crippen molar-refractivity contribution >= 4 is 17.4 Å². The first-order valence-electron chi connectivity index (χ1n) is 9.96. The lowest BCUT2D eigenvalue weighted by atomic mass is 9.86. The lowest BCUT2D eigenvalue weighted by Gasteiger charge is -2.26. The third-order valence-corrected chi connectivity index (χ3v) is 6.73. The molecule has 2 aromatic carbocycles. The van der Waals surface area contributed by atoms with Gasteiger partial charge in [0.15, 0.2) is 5.78 Å². The number of fused-ring (bicyclic) bond motifs is 1. The van der Waals surface area contributed by atoms with E-state index in [4.69, 9.17) is 16.3 Å². The molecule has 3 aromatic rings. The molecule has 1 saturated carbocycles. The van der Waals surface area contributed by atoms with E-state index in [9.17, 15) is 4.79 Å². The van der Waals surface area contributed by atoms with E-state index < -0.39 is 4.87 Å². The van der Waals surface area contributed by atoms with Crippen molar-refractivity contribution in [3.05, 3.63) is 59.2 Å². The molecule has 1 N–H and O–H groups in total. The lowest BCUT2D eigenvalue weighted by Crippen LogP contribution is -2.36. The van der Waals surface area contributed by atoms with Crippen LogP contribution in [0.5, 0.6) is 5.75 Å². The number of aromatic amines is 1. The van der Waals surface area contributed by atoms with Gasteiger partial charge in [-0.1, -0.05) is 37.1 Å². The number of halogens is 1. The van der Waals surface area contributed by atoms with Crippen LogP contribution in [0, 0.1) is 5.92 Å². The number of nitrogens with one attached hydrogen (secondary N) is 1. The molecular formula is C22H21ClN4O2. The first-order chi connectivity index (χ1) is 14.1. The van der Waals surface area contributed by atoms with Gasteiger partial charge in [0.1, 0.15) is 17.2 Å². The number of H-pyrrole nitrogens is 1. The molecule has 1 atom stereocenters. The molecule has 5 rings (SSSR count). The van der Waals surface area contributed by atoms with Gasteiger partial charge in [0.2, 0.25) is 5.82 Å². The molecule has 0 spiro atoms. The van der Waals surface area contributed by atoms with Gasteiger partial charge in [-0.15, -0.1) is 21.8 Å². The second-order valence-corrected chi connectivity index (χ2v) is 8.56. The van der Waals surface area contributed by atoms with Gasteiger partial charge in [0.25, 0.3) is 0 Å². The number of carbonyl (C=O) groups is 1. The van der Waals surface area contributed by atoms with E-state index in [1.54, 1.807) is 0 Å². The molecule has 0 saturated heterocycles. The van der Waals surface area contributed by atoms with E-state index in [1.807, 2.05) is 42.5 Å². The van der Waals surface area contributed by atoms with Crippen LogP contribution in [0.1, 0.15) is 47.2 Å². The van der Waals surface area contributed by atoms with E-state index in [0.29, 0.717) is 18.9 Å². The Hall–Kier alpha value is -2.73. The summed E-state index contributed by atoms with van der Waals surface area (Å²) in [4.78, 5) is 12.2. The maximum Gasteiger partial charge on any atom is 0.204 e. The van der Waals surface area contributed by atoms with Crippen LogP contribution in [0.2, 0.25) is 0 Å². The van der Waals surface area contributed by atoms with Crippen LogP contribution in [0.25, 0.3) is 11.4 Å². The Labute approximate surface area is 173 Å². The fourth-order valence-corrected chi connectivity index (χ4v) is 4.99. The van der Waals surface area contributed by atoms with Gasteiger partial charge < -0.3 is 4.74 Å². The van der Waals surface area contributed by atoms with Crippen molar-refractivity contribution in [3.63, 3.8) is 0 Å². The Morgan fingerprint density at radius 2 is 1.93 bits per heavy atom. The number of ketones is 1. The van der Waals surface area contributed by atoms with Crippen LogP contribution in [-0.4, -0.2) is 31.3 Å². The summed E-state index contributed by atoms with van der Waals surface area (Å²) >= 11 is 6.87. The van der Waals surface area contributed by atoms with Crippen LogP contribution in [0.3, 0.4) is 0 Å². The number of nitrogens with zero attached hydrogens (tertiary/aromatic N) is 3. The number of rotatable bonds is 5. The van der Waals surface area contributed by atoms with Crippen LogP contribution in [0.15, 0.2) is 42.5 Å². The highest BCUT2D eigenvalue weighted by molar-refractivity contribution is 6.40. The minimum absolute atomic E-state index is 0.0877. The molecule has 2 aliphatic carbocycles. The fraction of sp³-hybridized carbons (Fsp3) is 0.364. The third-order valence-electron chi connectivity index (χ3n) is 6.11. The predicted molar refractivity (Wildman–Crippen MR) is 109 cm³/mol. The van der Waals surface area contributed by atoms with Gasteiger partial charge in [0, 0.05) is 17.5 Å². The Kier molecular flexibility index (Phi) is 4.59. The number of ether oxygens (including phenoxy) is 1. The van der Waals surface area contributed by atoms with Crippen LogP contribution >= 0.6 is 11.6 Å². The number of tetrazole rings is 1. The zero-order valence-electron chi connectivity index (χ0n) is 15.9. The predicted octanol–water partition coefficient (Wildman–Crippen LogP) is 4.35. The topological polar surface area (TPSA) is 80.8 Å². The summed E-state index contributed by atoms with van der Waals surface area (Å²) in [6.45, 7) is 0.438. The Morgan fingerprint density at radius 3 is 2.66 bits per heavy atom. The van der Waals surface area contributed by atoms with E-state index in [2.05, 4.69) is 20.6 Å². The summed E-state index contributed by atoms with van der Waals surface area (Å²) in [7, 11) is 0. The molecule has 2 aliphatic rings. The van der Waals surface area contributed by atoms with E-state index in [0.717, 1.165) is 40.8 Å². The summed E-state index contributed by atoms with van der Waals surface area (Å²) in [6.07, 6.45) is 5.04. The van der Waals surface area contributed by atoms with Crippen LogP contribution in [0.4, 0.5) is 0 Å². The first-order valence-corrected chi connectivity index (χ1v) is 10.3. The molecule has 1 aromatic heterocycles. The van der Waals surface area contributed by atoms with Crippen LogP contribution in [-0.2, 0) is 13.0 Å². The summed E-state index contributed by atoms with van der Waals surface area (Å²) in [5.74, 6) is 1.69. The Balaban J connectivity index is 1.28. The Morgan fingerprint density at radius 1 is 1.14 bits per heavy atom. The normalized spacial score (nSPS) is 21.5. The summed E-state index contributed by atoms with van der Waals surface area (Å²) < 4.78 is 5.97.